The van der Waals surface area contributed by atoms with Crippen LogP contribution in [-0.2, 0) is 4.74 Å². The molecule has 0 aliphatic heterocycles. The number of unbranched alkanes of at least 4 members (excludes halogenated alkanes) is 8. The van der Waals surface area contributed by atoms with Crippen molar-refractivity contribution in [2.45, 2.75) is 77.2 Å². The van der Waals surface area contributed by atoms with Crippen molar-refractivity contribution < 1.29 is 9.66 Å². The molecule has 0 aliphatic rings. The average Bonchev–Trinajstić information content (AvgIpc) is 2.62. The molecule has 0 heterocycles. The maximum absolute atomic E-state index is 11.3. The highest BCUT2D eigenvalue weighted by molar-refractivity contribution is 7.98. The van der Waals surface area contributed by atoms with E-state index in [9.17, 15) is 10.1 Å². The quantitative estimate of drug-likeness (QED) is 0.146. The van der Waals surface area contributed by atoms with Gasteiger partial charge in [0, 0.05) is 6.07 Å². The molecule has 0 spiro atoms. The van der Waals surface area contributed by atoms with Crippen LogP contribution in [0.5, 0.6) is 0 Å². The van der Waals surface area contributed by atoms with Crippen LogP contribution in [0, 0.1) is 10.1 Å². The number of nitro groups is 1. The first-order valence-corrected chi connectivity index (χ1v) is 10.9. The van der Waals surface area contributed by atoms with E-state index in [-0.39, 0.29) is 16.7 Å². The largest absolute Gasteiger partial charge is 0.363 e. The zero-order valence-electron chi connectivity index (χ0n) is 15.7. The number of hydrogen-bond donors (Lipinski definition) is 0. The molecule has 1 aromatic carbocycles. The molecule has 1 atom stereocenters. The van der Waals surface area contributed by atoms with E-state index in [4.69, 9.17) is 4.74 Å². The number of rotatable bonds is 15. The second-order valence-corrected chi connectivity index (χ2v) is 7.31. The first-order chi connectivity index (χ1) is 12.2. The maximum atomic E-state index is 11.3. The molecular formula is C20H33NO3S. The van der Waals surface area contributed by atoms with Gasteiger partial charge in [-0.3, -0.25) is 10.1 Å². The molecule has 0 saturated heterocycles. The van der Waals surface area contributed by atoms with E-state index >= 15 is 0 Å². The molecule has 5 heteroatoms. The Labute approximate surface area is 156 Å². The molecule has 0 aliphatic carbocycles. The van der Waals surface area contributed by atoms with Crippen LogP contribution in [0.15, 0.2) is 24.3 Å². The minimum absolute atomic E-state index is 0.171. The molecular weight excluding hydrogens is 334 g/mol. The van der Waals surface area contributed by atoms with E-state index in [1.165, 1.54) is 51.4 Å². The number of hydrogen-bond acceptors (Lipinski definition) is 4. The van der Waals surface area contributed by atoms with Crippen LogP contribution in [0.25, 0.3) is 0 Å². The van der Waals surface area contributed by atoms with E-state index in [1.54, 1.807) is 23.9 Å². The Bertz CT molecular complexity index is 482. The van der Waals surface area contributed by atoms with Crippen LogP contribution >= 0.6 is 11.8 Å². The lowest BCUT2D eigenvalue weighted by Crippen LogP contribution is -2.07. The molecule has 142 valence electrons. The van der Waals surface area contributed by atoms with Crippen LogP contribution in [0.4, 0.5) is 5.69 Å². The van der Waals surface area contributed by atoms with Gasteiger partial charge in [-0.05, 0) is 18.7 Å². The van der Waals surface area contributed by atoms with Crippen molar-refractivity contribution in [3.8, 4) is 0 Å². The zero-order valence-corrected chi connectivity index (χ0v) is 16.6. The van der Waals surface area contributed by atoms with E-state index in [0.29, 0.717) is 11.5 Å². The SMILES string of the molecule is CCCCCCCCCCCC(OCSC)c1ccccc1[N+](=O)[O-]. The van der Waals surface area contributed by atoms with Crippen molar-refractivity contribution in [1.82, 2.24) is 0 Å². The smallest absolute Gasteiger partial charge is 0.275 e. The Kier molecular flexibility index (Phi) is 12.4. The van der Waals surface area contributed by atoms with Crippen LogP contribution in [-0.4, -0.2) is 17.1 Å². The third-order valence-corrected chi connectivity index (χ3v) is 4.81. The van der Waals surface area contributed by atoms with Gasteiger partial charge >= 0.3 is 0 Å². The summed E-state index contributed by atoms with van der Waals surface area (Å²) in [6.45, 7) is 2.24. The topological polar surface area (TPSA) is 52.4 Å². The van der Waals surface area contributed by atoms with Gasteiger partial charge in [-0.1, -0.05) is 76.8 Å². The molecule has 0 radical (unpaired) electrons. The molecule has 4 nitrogen and oxygen atoms in total. The third kappa shape index (κ3) is 9.26. The molecule has 0 N–H and O–H groups in total. The minimum Gasteiger partial charge on any atom is -0.363 e. The molecule has 0 amide bonds. The molecule has 25 heavy (non-hydrogen) atoms. The van der Waals surface area contributed by atoms with E-state index in [1.807, 2.05) is 18.4 Å². The lowest BCUT2D eigenvalue weighted by atomic mass is 10.00. The average molecular weight is 368 g/mol. The van der Waals surface area contributed by atoms with Crippen LogP contribution in [0.3, 0.4) is 0 Å². The molecule has 1 aromatic rings. The summed E-state index contributed by atoms with van der Waals surface area (Å²) in [5.74, 6) is 0.564. The fourth-order valence-corrected chi connectivity index (χ4v) is 3.35. The second-order valence-electron chi connectivity index (χ2n) is 6.49. The van der Waals surface area contributed by atoms with Gasteiger partial charge in [0.2, 0.25) is 0 Å². The second kappa shape index (κ2) is 14.1. The van der Waals surface area contributed by atoms with Gasteiger partial charge in [0.05, 0.1) is 22.5 Å². The Hall–Kier alpha value is -1.07. The van der Waals surface area contributed by atoms with Crippen LogP contribution in [0.2, 0.25) is 0 Å². The number of thioether (sulfide) groups is 1. The number of para-hydroxylation sites is 1. The highest BCUT2D eigenvalue weighted by Crippen LogP contribution is 2.32. The summed E-state index contributed by atoms with van der Waals surface area (Å²) in [5, 5.41) is 11.3. The number of benzene rings is 1. The van der Waals surface area contributed by atoms with Gasteiger partial charge in [0.15, 0.2) is 0 Å². The van der Waals surface area contributed by atoms with Crippen molar-refractivity contribution >= 4 is 17.4 Å². The normalized spacial score (nSPS) is 12.2. The van der Waals surface area contributed by atoms with Crippen LogP contribution < -0.4 is 0 Å². The minimum atomic E-state index is -0.304. The fourth-order valence-electron chi connectivity index (χ4n) is 3.05. The zero-order chi connectivity index (χ0) is 18.3. The summed E-state index contributed by atoms with van der Waals surface area (Å²) >= 11 is 1.60. The molecule has 1 rings (SSSR count). The van der Waals surface area contributed by atoms with E-state index in [2.05, 4.69) is 6.92 Å². The third-order valence-electron chi connectivity index (χ3n) is 4.44. The van der Waals surface area contributed by atoms with Crippen molar-refractivity contribution in [2.75, 3.05) is 12.2 Å². The highest BCUT2D eigenvalue weighted by Gasteiger charge is 2.21. The lowest BCUT2D eigenvalue weighted by molar-refractivity contribution is -0.386. The van der Waals surface area contributed by atoms with E-state index in [0.717, 1.165) is 12.8 Å². The standard InChI is InChI=1S/C20H33NO3S/c1-3-4-5-6-7-8-9-10-11-16-20(24-17-25-2)18-14-12-13-15-19(18)21(22)23/h12-15,20H,3-11,16-17H2,1-2H3. The fraction of sp³-hybridized carbons (Fsp3) is 0.700. The van der Waals surface area contributed by atoms with Gasteiger partial charge in [-0.2, -0.15) is 0 Å². The summed E-state index contributed by atoms with van der Waals surface area (Å²) < 4.78 is 5.90. The van der Waals surface area contributed by atoms with Crippen molar-refractivity contribution in [3.63, 3.8) is 0 Å². The van der Waals surface area contributed by atoms with Crippen LogP contribution in [0.1, 0.15) is 82.8 Å². The Morgan fingerprint density at radius 2 is 1.64 bits per heavy atom. The van der Waals surface area contributed by atoms with Gasteiger partial charge in [-0.15, -0.1) is 11.8 Å². The Morgan fingerprint density at radius 3 is 2.24 bits per heavy atom. The molecule has 1 unspecified atom stereocenters. The first-order valence-electron chi connectivity index (χ1n) is 9.54. The monoisotopic (exact) mass is 367 g/mol. The summed E-state index contributed by atoms with van der Waals surface area (Å²) in [5.41, 5.74) is 0.880. The molecule has 0 bridgehead atoms. The Balaban J connectivity index is 2.40. The molecule has 0 aromatic heterocycles. The van der Waals surface area contributed by atoms with Crippen molar-refractivity contribution in [2.24, 2.45) is 0 Å². The summed E-state index contributed by atoms with van der Waals surface area (Å²) in [4.78, 5) is 11.0. The molecule has 0 saturated carbocycles. The van der Waals surface area contributed by atoms with Gasteiger partial charge in [0.25, 0.3) is 5.69 Å². The Morgan fingerprint density at radius 1 is 1.04 bits per heavy atom. The predicted molar refractivity (Wildman–Crippen MR) is 107 cm³/mol. The maximum Gasteiger partial charge on any atom is 0.275 e. The van der Waals surface area contributed by atoms with Gasteiger partial charge < -0.3 is 4.74 Å². The van der Waals surface area contributed by atoms with Gasteiger partial charge in [-0.25, -0.2) is 0 Å². The number of ether oxygens (including phenoxy) is 1. The molecule has 0 fully saturated rings. The van der Waals surface area contributed by atoms with E-state index < -0.39 is 0 Å². The van der Waals surface area contributed by atoms with Gasteiger partial charge in [0.1, 0.15) is 0 Å². The summed E-state index contributed by atoms with van der Waals surface area (Å²) in [6.07, 6.45) is 14.1. The summed E-state index contributed by atoms with van der Waals surface area (Å²) in [6, 6.07) is 6.97. The van der Waals surface area contributed by atoms with Crippen molar-refractivity contribution in [3.05, 3.63) is 39.9 Å². The number of nitro benzene ring substituents is 1. The predicted octanol–water partition coefficient (Wildman–Crippen LogP) is 6.89. The first kappa shape index (κ1) is 22.0. The summed E-state index contributed by atoms with van der Waals surface area (Å²) in [7, 11) is 0. The highest BCUT2D eigenvalue weighted by atomic mass is 32.2. The lowest BCUT2D eigenvalue weighted by Gasteiger charge is -2.18. The van der Waals surface area contributed by atoms with Crippen molar-refractivity contribution in [1.29, 1.82) is 0 Å². The number of nitrogens with zero attached hydrogens (tertiary/aromatic N) is 1.